The van der Waals surface area contributed by atoms with Gasteiger partial charge in [-0.15, -0.1) is 0 Å². The Morgan fingerprint density at radius 3 is 2.61 bits per heavy atom. The quantitative estimate of drug-likeness (QED) is 0.905. The predicted molar refractivity (Wildman–Crippen MR) is 83.6 cm³/mol. The summed E-state index contributed by atoms with van der Waals surface area (Å²) in [6.07, 6.45) is 3.75. The number of carbonyl (C=O) groups excluding carboxylic acids is 1. The third kappa shape index (κ3) is 3.11. The van der Waals surface area contributed by atoms with Crippen LogP contribution in [0, 0.1) is 0 Å². The highest BCUT2D eigenvalue weighted by atomic mass is 16.5. The van der Waals surface area contributed by atoms with Crippen LogP contribution in [0.3, 0.4) is 0 Å². The zero-order chi connectivity index (χ0) is 16.4. The number of nitrogens with one attached hydrogen (secondary N) is 1. The summed E-state index contributed by atoms with van der Waals surface area (Å²) in [6, 6.07) is 6.79. The molecule has 0 aliphatic heterocycles. The summed E-state index contributed by atoms with van der Waals surface area (Å²) in [4.78, 5) is 23.3. The molecule has 0 spiro atoms. The van der Waals surface area contributed by atoms with E-state index in [1.54, 1.807) is 31.2 Å². The van der Waals surface area contributed by atoms with Gasteiger partial charge in [0.2, 0.25) is 0 Å². The maximum absolute atomic E-state index is 12.3. The number of carboxylic acids is 1. The predicted octanol–water partition coefficient (Wildman–Crippen LogP) is 2.99. The van der Waals surface area contributed by atoms with E-state index in [9.17, 15) is 9.59 Å². The lowest BCUT2D eigenvalue weighted by Gasteiger charge is -2.10. The van der Waals surface area contributed by atoms with E-state index in [1.165, 1.54) is 0 Å². The zero-order valence-electron chi connectivity index (χ0n) is 12.8. The van der Waals surface area contributed by atoms with Crippen molar-refractivity contribution in [3.8, 4) is 0 Å². The van der Waals surface area contributed by atoms with Gasteiger partial charge in [-0.05, 0) is 43.9 Å². The number of aryl methyl sites for hydroxylation is 1. The average molecular weight is 314 g/mol. The summed E-state index contributed by atoms with van der Waals surface area (Å²) in [5.41, 5.74) is 2.55. The number of benzene rings is 1. The monoisotopic (exact) mass is 314 g/mol. The standard InChI is InChI=1S/C17H18N2O4/c1-10(17(21)22)11-6-8-12(9-7-11)18-16(20)15-13-4-2-3-5-14(13)23-19-15/h6-10H,2-5H2,1H3,(H,18,20)(H,21,22). The molecule has 1 aromatic heterocycles. The number of fused-ring (bicyclic) bond motifs is 1. The minimum absolute atomic E-state index is 0.295. The van der Waals surface area contributed by atoms with Gasteiger partial charge in [0, 0.05) is 17.7 Å². The van der Waals surface area contributed by atoms with E-state index in [4.69, 9.17) is 9.63 Å². The number of anilines is 1. The first kappa shape index (κ1) is 15.3. The zero-order valence-corrected chi connectivity index (χ0v) is 12.8. The molecule has 6 heteroatoms. The molecule has 0 fully saturated rings. The van der Waals surface area contributed by atoms with Gasteiger partial charge in [0.05, 0.1) is 5.92 Å². The largest absolute Gasteiger partial charge is 0.481 e. The van der Waals surface area contributed by atoms with Crippen LogP contribution in [0.5, 0.6) is 0 Å². The van der Waals surface area contributed by atoms with Crippen molar-refractivity contribution in [2.75, 3.05) is 5.32 Å². The Labute approximate surface area is 133 Å². The molecule has 1 aliphatic carbocycles. The van der Waals surface area contributed by atoms with E-state index in [-0.39, 0.29) is 5.91 Å². The van der Waals surface area contributed by atoms with Gasteiger partial charge < -0.3 is 14.9 Å². The van der Waals surface area contributed by atoms with Crippen molar-refractivity contribution in [3.63, 3.8) is 0 Å². The van der Waals surface area contributed by atoms with Crippen molar-refractivity contribution in [2.45, 2.75) is 38.5 Å². The minimum atomic E-state index is -0.879. The summed E-state index contributed by atoms with van der Waals surface area (Å²) < 4.78 is 5.25. The fraction of sp³-hybridized carbons (Fsp3) is 0.353. The Bertz CT molecular complexity index is 734. The second kappa shape index (κ2) is 6.24. The first-order valence-corrected chi connectivity index (χ1v) is 7.68. The van der Waals surface area contributed by atoms with Crippen LogP contribution in [0.15, 0.2) is 28.8 Å². The second-order valence-electron chi connectivity index (χ2n) is 5.78. The SMILES string of the molecule is CC(C(=O)O)c1ccc(NC(=O)c2noc3c2CCCC3)cc1. The molecule has 1 amide bonds. The summed E-state index contributed by atoms with van der Waals surface area (Å²) >= 11 is 0. The Balaban J connectivity index is 1.73. The minimum Gasteiger partial charge on any atom is -0.481 e. The van der Waals surface area contributed by atoms with Crippen LogP contribution in [0.25, 0.3) is 0 Å². The molecule has 0 radical (unpaired) electrons. The molecule has 0 bridgehead atoms. The third-order valence-corrected chi connectivity index (χ3v) is 4.20. The second-order valence-corrected chi connectivity index (χ2v) is 5.78. The summed E-state index contributed by atoms with van der Waals surface area (Å²) in [5.74, 6) is -0.943. The average Bonchev–Trinajstić information content (AvgIpc) is 2.99. The van der Waals surface area contributed by atoms with Gasteiger partial charge in [0.25, 0.3) is 5.91 Å². The number of aromatic nitrogens is 1. The number of carboxylic acid groups (broad SMARTS) is 1. The van der Waals surface area contributed by atoms with Crippen molar-refractivity contribution < 1.29 is 19.2 Å². The lowest BCUT2D eigenvalue weighted by atomic mass is 9.96. The van der Waals surface area contributed by atoms with Gasteiger partial charge in [0.1, 0.15) is 5.76 Å². The van der Waals surface area contributed by atoms with Gasteiger partial charge in [-0.3, -0.25) is 9.59 Å². The van der Waals surface area contributed by atoms with E-state index in [0.29, 0.717) is 16.9 Å². The molecule has 6 nitrogen and oxygen atoms in total. The molecule has 1 heterocycles. The Hall–Kier alpha value is -2.63. The number of carbonyl (C=O) groups is 2. The molecule has 0 saturated carbocycles. The van der Waals surface area contributed by atoms with Crippen molar-refractivity contribution in [3.05, 3.63) is 46.8 Å². The van der Waals surface area contributed by atoms with Crippen molar-refractivity contribution in [1.29, 1.82) is 0 Å². The lowest BCUT2D eigenvalue weighted by Crippen LogP contribution is -2.15. The van der Waals surface area contributed by atoms with Crippen LogP contribution in [-0.2, 0) is 17.6 Å². The Morgan fingerprint density at radius 1 is 1.22 bits per heavy atom. The van der Waals surface area contributed by atoms with Gasteiger partial charge in [-0.2, -0.15) is 0 Å². The molecule has 2 N–H and O–H groups in total. The molecule has 120 valence electrons. The number of aliphatic carboxylic acids is 1. The highest BCUT2D eigenvalue weighted by Crippen LogP contribution is 2.25. The van der Waals surface area contributed by atoms with Crippen LogP contribution < -0.4 is 5.32 Å². The van der Waals surface area contributed by atoms with Gasteiger partial charge in [-0.25, -0.2) is 0 Å². The van der Waals surface area contributed by atoms with Gasteiger partial charge in [-0.1, -0.05) is 17.3 Å². The van der Waals surface area contributed by atoms with E-state index in [1.807, 2.05) is 0 Å². The van der Waals surface area contributed by atoms with Gasteiger partial charge >= 0.3 is 5.97 Å². The van der Waals surface area contributed by atoms with Crippen molar-refractivity contribution in [1.82, 2.24) is 5.16 Å². The molecular formula is C17H18N2O4. The molecule has 1 atom stereocenters. The molecule has 1 aromatic carbocycles. The molecule has 0 saturated heterocycles. The summed E-state index contributed by atoms with van der Waals surface area (Å²) in [6.45, 7) is 1.62. The fourth-order valence-electron chi connectivity index (χ4n) is 2.75. The smallest absolute Gasteiger partial charge is 0.310 e. The Kier molecular flexibility index (Phi) is 4.14. The van der Waals surface area contributed by atoms with Crippen molar-refractivity contribution >= 4 is 17.6 Å². The molecule has 3 rings (SSSR count). The van der Waals surface area contributed by atoms with Crippen LogP contribution in [0.4, 0.5) is 5.69 Å². The van der Waals surface area contributed by atoms with E-state index < -0.39 is 11.9 Å². The molecule has 23 heavy (non-hydrogen) atoms. The fourth-order valence-corrected chi connectivity index (χ4v) is 2.75. The summed E-state index contributed by atoms with van der Waals surface area (Å²) in [5, 5.41) is 15.7. The van der Waals surface area contributed by atoms with E-state index >= 15 is 0 Å². The number of hydrogen-bond acceptors (Lipinski definition) is 4. The Morgan fingerprint density at radius 2 is 1.91 bits per heavy atom. The lowest BCUT2D eigenvalue weighted by molar-refractivity contribution is -0.138. The molecule has 2 aromatic rings. The first-order valence-electron chi connectivity index (χ1n) is 7.68. The highest BCUT2D eigenvalue weighted by molar-refractivity contribution is 6.04. The molecule has 1 aliphatic rings. The third-order valence-electron chi connectivity index (χ3n) is 4.20. The van der Waals surface area contributed by atoms with E-state index in [0.717, 1.165) is 37.0 Å². The first-order chi connectivity index (χ1) is 11.1. The number of hydrogen-bond donors (Lipinski definition) is 2. The van der Waals surface area contributed by atoms with Crippen LogP contribution in [0.2, 0.25) is 0 Å². The van der Waals surface area contributed by atoms with Crippen LogP contribution >= 0.6 is 0 Å². The van der Waals surface area contributed by atoms with Crippen LogP contribution in [-0.4, -0.2) is 22.1 Å². The van der Waals surface area contributed by atoms with Crippen LogP contribution in [0.1, 0.15) is 53.1 Å². The highest BCUT2D eigenvalue weighted by Gasteiger charge is 2.24. The number of rotatable bonds is 4. The summed E-state index contributed by atoms with van der Waals surface area (Å²) in [7, 11) is 0. The maximum Gasteiger partial charge on any atom is 0.310 e. The number of nitrogens with zero attached hydrogens (tertiary/aromatic N) is 1. The normalized spacial score (nSPS) is 14.8. The maximum atomic E-state index is 12.3. The molecular weight excluding hydrogens is 296 g/mol. The van der Waals surface area contributed by atoms with Crippen molar-refractivity contribution in [2.24, 2.45) is 0 Å². The van der Waals surface area contributed by atoms with Gasteiger partial charge in [0.15, 0.2) is 5.69 Å². The van der Waals surface area contributed by atoms with E-state index in [2.05, 4.69) is 10.5 Å². The topological polar surface area (TPSA) is 92.4 Å². The molecule has 1 unspecified atom stereocenters. The number of amides is 1.